The van der Waals surface area contributed by atoms with Crippen molar-refractivity contribution >= 4 is 10.9 Å². The highest BCUT2D eigenvalue weighted by Gasteiger charge is 2.23. The number of aromatic nitrogens is 1. The van der Waals surface area contributed by atoms with Crippen molar-refractivity contribution in [2.75, 3.05) is 20.2 Å². The standard InChI is InChI=1S/C20H26N2O2/c1-3-14-13-21-10-8-15(14)4-7-20(23)17-9-11-22-19-6-5-16(24-2)12-18(17)19/h3,5-6,9,11-12,14-15,20-21,23H,1,4,7-8,10,13H2,2H3/t14-,15?,20-/m1/s1. The molecule has 0 radical (unpaired) electrons. The maximum absolute atomic E-state index is 10.8. The van der Waals surface area contributed by atoms with Crippen molar-refractivity contribution < 1.29 is 9.84 Å². The summed E-state index contributed by atoms with van der Waals surface area (Å²) < 4.78 is 5.31. The number of pyridine rings is 1. The Bertz CT molecular complexity index is 701. The van der Waals surface area contributed by atoms with Crippen LogP contribution in [0.5, 0.6) is 5.75 Å². The second-order valence-electron chi connectivity index (χ2n) is 6.53. The van der Waals surface area contributed by atoms with Gasteiger partial charge in [0, 0.05) is 18.1 Å². The number of nitrogens with zero attached hydrogens (tertiary/aromatic N) is 1. The van der Waals surface area contributed by atoms with E-state index >= 15 is 0 Å². The molecule has 0 aliphatic carbocycles. The number of aliphatic hydroxyl groups is 1. The molecule has 1 unspecified atom stereocenters. The third-order valence-electron chi connectivity index (χ3n) is 5.13. The molecule has 2 aromatic rings. The topological polar surface area (TPSA) is 54.4 Å². The summed E-state index contributed by atoms with van der Waals surface area (Å²) in [7, 11) is 1.65. The molecule has 2 heterocycles. The molecule has 1 fully saturated rings. The van der Waals surface area contributed by atoms with Gasteiger partial charge >= 0.3 is 0 Å². The van der Waals surface area contributed by atoms with Crippen LogP contribution < -0.4 is 10.1 Å². The molecule has 1 aromatic carbocycles. The SMILES string of the molecule is C=C[C@@H]1CNCCC1CC[C@@H](O)c1ccnc2ccc(OC)cc12. The van der Waals surface area contributed by atoms with Gasteiger partial charge in [-0.2, -0.15) is 0 Å². The second-order valence-corrected chi connectivity index (χ2v) is 6.53. The minimum atomic E-state index is -0.483. The Labute approximate surface area is 143 Å². The van der Waals surface area contributed by atoms with Crippen molar-refractivity contribution in [3.8, 4) is 5.75 Å². The number of fused-ring (bicyclic) bond motifs is 1. The highest BCUT2D eigenvalue weighted by Crippen LogP contribution is 2.32. The van der Waals surface area contributed by atoms with E-state index in [1.165, 1.54) is 0 Å². The zero-order valence-corrected chi connectivity index (χ0v) is 14.2. The first-order chi connectivity index (χ1) is 11.7. The Morgan fingerprint density at radius 3 is 3.12 bits per heavy atom. The number of methoxy groups -OCH3 is 1. The van der Waals surface area contributed by atoms with E-state index in [9.17, 15) is 5.11 Å². The highest BCUT2D eigenvalue weighted by atomic mass is 16.5. The fourth-order valence-electron chi connectivity index (χ4n) is 3.66. The molecular formula is C20H26N2O2. The molecule has 1 aromatic heterocycles. The van der Waals surface area contributed by atoms with E-state index in [1.807, 2.05) is 24.3 Å². The minimum absolute atomic E-state index is 0.483. The summed E-state index contributed by atoms with van der Waals surface area (Å²) in [5.74, 6) is 1.88. The summed E-state index contributed by atoms with van der Waals surface area (Å²) in [6.07, 6.45) is 6.25. The van der Waals surface area contributed by atoms with Gasteiger partial charge in [-0.1, -0.05) is 6.08 Å². The highest BCUT2D eigenvalue weighted by molar-refractivity contribution is 5.83. The van der Waals surface area contributed by atoms with Gasteiger partial charge in [0.2, 0.25) is 0 Å². The largest absolute Gasteiger partial charge is 0.497 e. The lowest BCUT2D eigenvalue weighted by atomic mass is 9.82. The van der Waals surface area contributed by atoms with Crippen LogP contribution in [0.4, 0.5) is 0 Å². The summed E-state index contributed by atoms with van der Waals surface area (Å²) in [6.45, 7) is 6.01. The maximum atomic E-state index is 10.8. The number of rotatable bonds is 6. The first-order valence-electron chi connectivity index (χ1n) is 8.67. The summed E-state index contributed by atoms with van der Waals surface area (Å²) in [5.41, 5.74) is 1.82. The van der Waals surface area contributed by atoms with Crippen molar-refractivity contribution in [1.82, 2.24) is 10.3 Å². The predicted molar refractivity (Wildman–Crippen MR) is 97.2 cm³/mol. The van der Waals surface area contributed by atoms with Crippen LogP contribution in [0.3, 0.4) is 0 Å². The molecule has 2 N–H and O–H groups in total. The van der Waals surface area contributed by atoms with Crippen LogP contribution in [0.15, 0.2) is 43.1 Å². The third-order valence-corrected chi connectivity index (χ3v) is 5.13. The van der Waals surface area contributed by atoms with Gasteiger partial charge in [-0.15, -0.1) is 6.58 Å². The Morgan fingerprint density at radius 1 is 1.46 bits per heavy atom. The summed E-state index contributed by atoms with van der Waals surface area (Å²) >= 11 is 0. The number of piperidine rings is 1. The molecule has 1 aliphatic heterocycles. The predicted octanol–water partition coefficient (Wildman–Crippen LogP) is 3.47. The quantitative estimate of drug-likeness (QED) is 0.798. The Kier molecular flexibility index (Phi) is 5.48. The lowest BCUT2D eigenvalue weighted by molar-refractivity contribution is 0.147. The molecule has 0 amide bonds. The Hall–Kier alpha value is -1.91. The van der Waals surface area contributed by atoms with Gasteiger partial charge in [-0.3, -0.25) is 4.98 Å². The van der Waals surface area contributed by atoms with E-state index < -0.39 is 6.10 Å². The molecular weight excluding hydrogens is 300 g/mol. The summed E-state index contributed by atoms with van der Waals surface area (Å²) in [4.78, 5) is 4.39. The van der Waals surface area contributed by atoms with E-state index in [0.29, 0.717) is 11.8 Å². The minimum Gasteiger partial charge on any atom is -0.497 e. The number of benzene rings is 1. The van der Waals surface area contributed by atoms with Gasteiger partial charge in [-0.05, 0) is 67.5 Å². The average molecular weight is 326 g/mol. The number of nitrogens with one attached hydrogen (secondary N) is 1. The Morgan fingerprint density at radius 2 is 2.33 bits per heavy atom. The van der Waals surface area contributed by atoms with E-state index in [4.69, 9.17) is 4.74 Å². The van der Waals surface area contributed by atoms with Crippen LogP contribution in [0.2, 0.25) is 0 Å². The molecule has 24 heavy (non-hydrogen) atoms. The van der Waals surface area contributed by atoms with E-state index in [2.05, 4.69) is 23.0 Å². The third kappa shape index (κ3) is 3.60. The smallest absolute Gasteiger partial charge is 0.119 e. The first-order valence-corrected chi connectivity index (χ1v) is 8.67. The first kappa shape index (κ1) is 16.9. The maximum Gasteiger partial charge on any atom is 0.119 e. The van der Waals surface area contributed by atoms with Crippen LogP contribution in [0.1, 0.15) is 30.9 Å². The van der Waals surface area contributed by atoms with E-state index in [-0.39, 0.29) is 0 Å². The van der Waals surface area contributed by atoms with Gasteiger partial charge in [0.05, 0.1) is 18.7 Å². The summed E-state index contributed by atoms with van der Waals surface area (Å²) in [6, 6.07) is 7.71. The van der Waals surface area contributed by atoms with E-state index in [0.717, 1.165) is 54.6 Å². The second kappa shape index (κ2) is 7.77. The molecule has 3 atom stereocenters. The van der Waals surface area contributed by atoms with Crippen molar-refractivity contribution in [3.05, 3.63) is 48.7 Å². The summed E-state index contributed by atoms with van der Waals surface area (Å²) in [5, 5.41) is 15.1. The molecule has 0 saturated carbocycles. The normalized spacial score (nSPS) is 22.2. The van der Waals surface area contributed by atoms with Gasteiger partial charge in [0.25, 0.3) is 0 Å². The molecule has 4 nitrogen and oxygen atoms in total. The van der Waals surface area contributed by atoms with Crippen LogP contribution in [-0.4, -0.2) is 30.3 Å². The monoisotopic (exact) mass is 326 g/mol. The molecule has 128 valence electrons. The molecule has 1 saturated heterocycles. The zero-order valence-electron chi connectivity index (χ0n) is 14.2. The van der Waals surface area contributed by atoms with Crippen molar-refractivity contribution in [1.29, 1.82) is 0 Å². The molecule has 4 heteroatoms. The van der Waals surface area contributed by atoms with Crippen molar-refractivity contribution in [2.24, 2.45) is 11.8 Å². The van der Waals surface area contributed by atoms with Crippen molar-refractivity contribution in [3.63, 3.8) is 0 Å². The molecule has 0 bridgehead atoms. The number of hydrogen-bond acceptors (Lipinski definition) is 4. The fraction of sp³-hybridized carbons (Fsp3) is 0.450. The van der Waals surface area contributed by atoms with Gasteiger partial charge in [-0.25, -0.2) is 0 Å². The van der Waals surface area contributed by atoms with Crippen molar-refractivity contribution in [2.45, 2.75) is 25.4 Å². The average Bonchev–Trinajstić information content (AvgIpc) is 2.65. The number of aliphatic hydroxyl groups excluding tert-OH is 1. The van der Waals surface area contributed by atoms with Crippen LogP contribution in [0, 0.1) is 11.8 Å². The molecule has 1 aliphatic rings. The van der Waals surface area contributed by atoms with Crippen LogP contribution >= 0.6 is 0 Å². The van der Waals surface area contributed by atoms with Crippen LogP contribution in [-0.2, 0) is 0 Å². The lowest BCUT2D eigenvalue weighted by Gasteiger charge is -2.30. The zero-order chi connectivity index (χ0) is 16.9. The van der Waals surface area contributed by atoms with Gasteiger partial charge < -0.3 is 15.2 Å². The van der Waals surface area contributed by atoms with Crippen LogP contribution in [0.25, 0.3) is 10.9 Å². The molecule has 0 spiro atoms. The Balaban J connectivity index is 1.76. The number of hydrogen-bond donors (Lipinski definition) is 2. The van der Waals surface area contributed by atoms with E-state index in [1.54, 1.807) is 13.3 Å². The molecule has 3 rings (SSSR count). The van der Waals surface area contributed by atoms with Gasteiger partial charge in [0.1, 0.15) is 5.75 Å². The lowest BCUT2D eigenvalue weighted by Crippen LogP contribution is -2.35. The van der Waals surface area contributed by atoms with Gasteiger partial charge in [0.15, 0.2) is 0 Å². The number of ether oxygens (including phenoxy) is 1. The fourth-order valence-corrected chi connectivity index (χ4v) is 3.66.